The molecule has 6 nitrogen and oxygen atoms in total. The Kier molecular flexibility index (Phi) is 25.5. The fourth-order valence-corrected chi connectivity index (χ4v) is 4.76. The molecule has 4 N–H and O–H groups in total. The maximum Gasteiger partial charge on any atom is 0.0945 e. The SMILES string of the molecule is CCCCCCCCCCCOCC(O)CNc1ccc(NCC(O)COCCCCCCCCCCC)cc1. The third-order valence-corrected chi connectivity index (χ3v) is 7.37. The normalized spacial score (nSPS) is 12.9. The molecule has 0 radical (unpaired) electrons. The Morgan fingerprint density at radius 1 is 0.500 bits per heavy atom. The molecule has 0 bridgehead atoms. The predicted molar refractivity (Wildman–Crippen MR) is 172 cm³/mol. The number of nitrogens with one attached hydrogen (secondary N) is 2. The number of aliphatic hydroxyl groups is 2. The number of ether oxygens (including phenoxy) is 2. The van der Waals surface area contributed by atoms with E-state index in [1.165, 1.54) is 103 Å². The van der Waals surface area contributed by atoms with Gasteiger partial charge in [0.1, 0.15) is 0 Å². The van der Waals surface area contributed by atoms with E-state index in [0.717, 1.165) is 37.4 Å². The quantitative estimate of drug-likeness (QED) is 0.0703. The minimum absolute atomic E-state index is 0.364. The van der Waals surface area contributed by atoms with E-state index in [0.29, 0.717) is 26.3 Å². The minimum atomic E-state index is -0.526. The van der Waals surface area contributed by atoms with Crippen LogP contribution in [0.2, 0.25) is 0 Å². The molecule has 1 rings (SSSR count). The van der Waals surface area contributed by atoms with Gasteiger partial charge in [0.2, 0.25) is 0 Å². The van der Waals surface area contributed by atoms with Crippen molar-refractivity contribution >= 4 is 11.4 Å². The second kappa shape index (κ2) is 27.8. The average Bonchev–Trinajstić information content (AvgIpc) is 2.97. The molecule has 0 fully saturated rings. The molecule has 2 unspecified atom stereocenters. The average molecular weight is 565 g/mol. The highest BCUT2D eigenvalue weighted by atomic mass is 16.5. The molecular formula is C34H64N2O4. The van der Waals surface area contributed by atoms with Gasteiger partial charge < -0.3 is 30.3 Å². The van der Waals surface area contributed by atoms with E-state index >= 15 is 0 Å². The van der Waals surface area contributed by atoms with E-state index in [9.17, 15) is 10.2 Å². The summed E-state index contributed by atoms with van der Waals surface area (Å²) in [7, 11) is 0. The molecule has 0 aliphatic carbocycles. The number of unbranched alkanes of at least 4 members (excludes halogenated alkanes) is 16. The Hall–Kier alpha value is -1.34. The second-order valence-corrected chi connectivity index (χ2v) is 11.5. The van der Waals surface area contributed by atoms with Gasteiger partial charge in [-0.3, -0.25) is 0 Å². The number of benzene rings is 1. The van der Waals surface area contributed by atoms with Crippen LogP contribution in [0.25, 0.3) is 0 Å². The van der Waals surface area contributed by atoms with Crippen LogP contribution in [-0.4, -0.2) is 61.9 Å². The zero-order valence-electron chi connectivity index (χ0n) is 26.1. The summed E-state index contributed by atoms with van der Waals surface area (Å²) in [6.07, 6.45) is 22.4. The first-order valence-electron chi connectivity index (χ1n) is 16.7. The Balaban J connectivity index is 1.96. The Morgan fingerprint density at radius 2 is 0.800 bits per heavy atom. The fourth-order valence-electron chi connectivity index (χ4n) is 4.76. The molecule has 2 atom stereocenters. The molecule has 1 aromatic rings. The summed E-state index contributed by atoms with van der Waals surface area (Å²) in [5.41, 5.74) is 1.90. The first-order valence-corrected chi connectivity index (χ1v) is 16.7. The van der Waals surface area contributed by atoms with Crippen molar-refractivity contribution in [1.29, 1.82) is 0 Å². The smallest absolute Gasteiger partial charge is 0.0945 e. The standard InChI is InChI=1S/C34H64N2O4/c1-3-5-7-9-11-13-15-17-19-25-39-29-33(37)27-35-31-21-23-32(24-22-31)36-28-34(38)30-40-26-20-18-16-14-12-10-8-6-4-2/h21-24,33-38H,3-20,25-30H2,1-2H3. The second-order valence-electron chi connectivity index (χ2n) is 11.5. The minimum Gasteiger partial charge on any atom is -0.389 e. The van der Waals surface area contributed by atoms with Crippen molar-refractivity contribution < 1.29 is 19.7 Å². The molecule has 0 aliphatic heterocycles. The van der Waals surface area contributed by atoms with Crippen LogP contribution < -0.4 is 10.6 Å². The van der Waals surface area contributed by atoms with Crippen LogP contribution in [0.3, 0.4) is 0 Å². The van der Waals surface area contributed by atoms with E-state index in [1.54, 1.807) is 0 Å². The molecule has 0 saturated heterocycles. The Bertz CT molecular complexity index is 588. The summed E-state index contributed by atoms with van der Waals surface area (Å²) in [5.74, 6) is 0. The lowest BCUT2D eigenvalue weighted by Crippen LogP contribution is -2.25. The van der Waals surface area contributed by atoms with Crippen LogP contribution in [-0.2, 0) is 9.47 Å². The lowest BCUT2D eigenvalue weighted by molar-refractivity contribution is 0.0416. The van der Waals surface area contributed by atoms with Crippen molar-refractivity contribution in [2.45, 2.75) is 142 Å². The lowest BCUT2D eigenvalue weighted by atomic mass is 10.1. The molecule has 0 aromatic heterocycles. The molecule has 6 heteroatoms. The molecule has 0 amide bonds. The Labute approximate surface area is 247 Å². The first kappa shape index (κ1) is 36.7. The predicted octanol–water partition coefficient (Wildman–Crippen LogP) is 8.33. The highest BCUT2D eigenvalue weighted by Crippen LogP contribution is 2.14. The summed E-state index contributed by atoms with van der Waals surface area (Å²) in [6.45, 7) is 7.61. The van der Waals surface area contributed by atoms with Crippen molar-refractivity contribution in [2.75, 3.05) is 50.2 Å². The molecule has 0 spiro atoms. The third-order valence-electron chi connectivity index (χ3n) is 7.37. The monoisotopic (exact) mass is 564 g/mol. The van der Waals surface area contributed by atoms with E-state index in [4.69, 9.17) is 9.47 Å². The van der Waals surface area contributed by atoms with Crippen LogP contribution in [0.1, 0.15) is 129 Å². The molecule has 234 valence electrons. The molecule has 0 heterocycles. The highest BCUT2D eigenvalue weighted by molar-refractivity contribution is 5.53. The number of rotatable bonds is 30. The van der Waals surface area contributed by atoms with E-state index < -0.39 is 12.2 Å². The van der Waals surface area contributed by atoms with Crippen LogP contribution in [0.4, 0.5) is 11.4 Å². The van der Waals surface area contributed by atoms with E-state index in [2.05, 4.69) is 24.5 Å². The largest absolute Gasteiger partial charge is 0.389 e. The molecular weight excluding hydrogens is 500 g/mol. The zero-order chi connectivity index (χ0) is 28.9. The van der Waals surface area contributed by atoms with Gasteiger partial charge >= 0.3 is 0 Å². The van der Waals surface area contributed by atoms with Crippen molar-refractivity contribution in [3.05, 3.63) is 24.3 Å². The highest BCUT2D eigenvalue weighted by Gasteiger charge is 2.06. The number of hydrogen-bond acceptors (Lipinski definition) is 6. The zero-order valence-corrected chi connectivity index (χ0v) is 26.1. The van der Waals surface area contributed by atoms with Crippen molar-refractivity contribution in [3.63, 3.8) is 0 Å². The lowest BCUT2D eigenvalue weighted by Gasteiger charge is -2.15. The topological polar surface area (TPSA) is 83.0 Å². The van der Waals surface area contributed by atoms with Gasteiger partial charge in [-0.05, 0) is 37.1 Å². The third kappa shape index (κ3) is 23.4. The molecule has 40 heavy (non-hydrogen) atoms. The van der Waals surface area contributed by atoms with Gasteiger partial charge in [-0.25, -0.2) is 0 Å². The van der Waals surface area contributed by atoms with Crippen LogP contribution in [0.5, 0.6) is 0 Å². The summed E-state index contributed by atoms with van der Waals surface area (Å²) < 4.78 is 11.3. The maximum absolute atomic E-state index is 10.2. The van der Waals surface area contributed by atoms with E-state index in [1.807, 2.05) is 24.3 Å². The van der Waals surface area contributed by atoms with Crippen LogP contribution in [0.15, 0.2) is 24.3 Å². The molecule has 0 saturated carbocycles. The van der Waals surface area contributed by atoms with Gasteiger partial charge in [0.05, 0.1) is 25.4 Å². The first-order chi connectivity index (χ1) is 19.7. The van der Waals surface area contributed by atoms with Crippen molar-refractivity contribution in [1.82, 2.24) is 0 Å². The summed E-state index contributed by atoms with van der Waals surface area (Å²) in [6, 6.07) is 7.91. The number of aliphatic hydroxyl groups excluding tert-OH is 2. The summed E-state index contributed by atoms with van der Waals surface area (Å²) in [5, 5.41) is 26.9. The molecule has 1 aromatic carbocycles. The van der Waals surface area contributed by atoms with Gasteiger partial charge in [0.25, 0.3) is 0 Å². The maximum atomic E-state index is 10.2. The van der Waals surface area contributed by atoms with Gasteiger partial charge in [-0.15, -0.1) is 0 Å². The van der Waals surface area contributed by atoms with Gasteiger partial charge in [-0.2, -0.15) is 0 Å². The van der Waals surface area contributed by atoms with Crippen LogP contribution in [0, 0.1) is 0 Å². The molecule has 0 aliphatic rings. The van der Waals surface area contributed by atoms with Crippen molar-refractivity contribution in [3.8, 4) is 0 Å². The van der Waals surface area contributed by atoms with Crippen LogP contribution >= 0.6 is 0 Å². The van der Waals surface area contributed by atoms with Gasteiger partial charge in [0.15, 0.2) is 0 Å². The summed E-state index contributed by atoms with van der Waals surface area (Å²) >= 11 is 0. The number of anilines is 2. The van der Waals surface area contributed by atoms with E-state index in [-0.39, 0.29) is 0 Å². The Morgan fingerprint density at radius 3 is 1.12 bits per heavy atom. The van der Waals surface area contributed by atoms with Gasteiger partial charge in [0, 0.05) is 37.7 Å². The fraction of sp³-hybridized carbons (Fsp3) is 0.824. The summed E-state index contributed by atoms with van der Waals surface area (Å²) in [4.78, 5) is 0. The van der Waals surface area contributed by atoms with Gasteiger partial charge in [-0.1, -0.05) is 117 Å². The van der Waals surface area contributed by atoms with Crippen molar-refractivity contribution in [2.24, 2.45) is 0 Å². The number of hydrogen-bond donors (Lipinski definition) is 4.